The van der Waals surface area contributed by atoms with Crippen molar-refractivity contribution in [3.63, 3.8) is 0 Å². The number of phenolic OH excluding ortho intramolecular Hbond substituents is 1. The van der Waals surface area contributed by atoms with E-state index in [-0.39, 0.29) is 5.75 Å². The molecule has 1 N–H and O–H groups in total. The van der Waals surface area contributed by atoms with E-state index in [1.807, 2.05) is 0 Å². The number of hydrogen-bond acceptors (Lipinski definition) is 2. The summed E-state index contributed by atoms with van der Waals surface area (Å²) < 4.78 is 17.7. The predicted octanol–water partition coefficient (Wildman–Crippen LogP) is 1.85. The maximum Gasteiger partial charge on any atom is 0.171 e. The van der Waals surface area contributed by atoms with Crippen LogP contribution in [0.25, 0.3) is 0 Å². The van der Waals surface area contributed by atoms with Crippen LogP contribution in [0.1, 0.15) is 5.56 Å². The number of methoxy groups -OCH3 is 1. The van der Waals surface area contributed by atoms with E-state index in [0.717, 1.165) is 0 Å². The van der Waals surface area contributed by atoms with Gasteiger partial charge in [0.2, 0.25) is 0 Å². The van der Waals surface area contributed by atoms with Gasteiger partial charge in [0.1, 0.15) is 5.75 Å². The highest BCUT2D eigenvalue weighted by atomic mass is 19.1. The van der Waals surface area contributed by atoms with Crippen LogP contribution in [0.5, 0.6) is 11.5 Å². The summed E-state index contributed by atoms with van der Waals surface area (Å²) in [5, 5.41) is 8.89. The molecule has 0 radical (unpaired) electrons. The number of rotatable bonds is 1. The monoisotopic (exact) mass is 156 g/mol. The predicted molar refractivity (Wildman–Crippen MR) is 39.4 cm³/mol. The quantitative estimate of drug-likeness (QED) is 0.672. The molecule has 0 aromatic heterocycles. The molecule has 0 aliphatic carbocycles. The summed E-state index contributed by atoms with van der Waals surface area (Å²) in [6.07, 6.45) is 0. The first-order chi connectivity index (χ1) is 5.16. The molecule has 1 rings (SSSR count). The largest absolute Gasteiger partial charge is 0.505 e. The lowest BCUT2D eigenvalue weighted by Crippen LogP contribution is -1.90. The Morgan fingerprint density at radius 2 is 2.09 bits per heavy atom. The fourth-order valence-electron chi connectivity index (χ4n) is 0.874. The highest BCUT2D eigenvalue weighted by Gasteiger charge is 2.07. The molecule has 0 unspecified atom stereocenters. The van der Waals surface area contributed by atoms with Crippen molar-refractivity contribution in [1.82, 2.24) is 0 Å². The molecule has 0 bridgehead atoms. The number of ether oxygens (including phenoxy) is 1. The Morgan fingerprint density at radius 3 is 2.64 bits per heavy atom. The zero-order valence-corrected chi connectivity index (χ0v) is 6.39. The van der Waals surface area contributed by atoms with Gasteiger partial charge in [0, 0.05) is 5.56 Å². The van der Waals surface area contributed by atoms with Crippen LogP contribution in [0.3, 0.4) is 0 Å². The minimum absolute atomic E-state index is 0.326. The van der Waals surface area contributed by atoms with Crippen molar-refractivity contribution in [1.29, 1.82) is 0 Å². The van der Waals surface area contributed by atoms with Crippen LogP contribution >= 0.6 is 0 Å². The molecular formula is C8H9FO2. The second-order valence-electron chi connectivity index (χ2n) is 2.23. The molecule has 1 aromatic rings. The van der Waals surface area contributed by atoms with Crippen molar-refractivity contribution >= 4 is 0 Å². The van der Waals surface area contributed by atoms with Gasteiger partial charge in [-0.2, -0.15) is 0 Å². The zero-order valence-electron chi connectivity index (χ0n) is 6.39. The number of halogens is 1. The van der Waals surface area contributed by atoms with Gasteiger partial charge in [-0.3, -0.25) is 0 Å². The van der Waals surface area contributed by atoms with Gasteiger partial charge >= 0.3 is 0 Å². The Labute approximate surface area is 64.2 Å². The summed E-state index contributed by atoms with van der Waals surface area (Å²) in [7, 11) is 1.46. The molecule has 0 atom stereocenters. The fourth-order valence-corrected chi connectivity index (χ4v) is 0.874. The van der Waals surface area contributed by atoms with E-state index >= 15 is 0 Å². The second kappa shape index (κ2) is 2.78. The van der Waals surface area contributed by atoms with Crippen LogP contribution in [0.15, 0.2) is 12.1 Å². The highest BCUT2D eigenvalue weighted by Crippen LogP contribution is 2.26. The lowest BCUT2D eigenvalue weighted by molar-refractivity contribution is 0.394. The topological polar surface area (TPSA) is 29.5 Å². The van der Waals surface area contributed by atoms with Crippen LogP contribution in [0, 0.1) is 12.7 Å². The Morgan fingerprint density at radius 1 is 1.45 bits per heavy atom. The van der Waals surface area contributed by atoms with Crippen molar-refractivity contribution < 1.29 is 14.2 Å². The van der Waals surface area contributed by atoms with Crippen LogP contribution < -0.4 is 4.74 Å². The molecule has 0 amide bonds. The first-order valence-corrected chi connectivity index (χ1v) is 3.19. The van der Waals surface area contributed by atoms with Crippen molar-refractivity contribution in [2.45, 2.75) is 6.92 Å². The molecule has 3 heteroatoms. The summed E-state index contributed by atoms with van der Waals surface area (Å²) in [6.45, 7) is 1.55. The van der Waals surface area contributed by atoms with Crippen LogP contribution in [-0.4, -0.2) is 12.2 Å². The van der Waals surface area contributed by atoms with Gasteiger partial charge in [0.25, 0.3) is 0 Å². The number of hydrogen-bond donors (Lipinski definition) is 1. The van der Waals surface area contributed by atoms with Crippen LogP contribution in [0.4, 0.5) is 4.39 Å². The van der Waals surface area contributed by atoms with Gasteiger partial charge < -0.3 is 9.84 Å². The minimum Gasteiger partial charge on any atom is -0.505 e. The average Bonchev–Trinajstić information content (AvgIpc) is 2.01. The molecule has 0 aliphatic heterocycles. The molecular weight excluding hydrogens is 147 g/mol. The lowest BCUT2D eigenvalue weighted by atomic mass is 10.2. The standard InChI is InChI=1S/C8H9FO2/c1-5-7(11-2)4-3-6(10)8(5)9/h3-4,10H,1-2H3. The van der Waals surface area contributed by atoms with Crippen LogP contribution in [0.2, 0.25) is 0 Å². The van der Waals surface area contributed by atoms with Crippen molar-refractivity contribution in [3.05, 3.63) is 23.5 Å². The average molecular weight is 156 g/mol. The lowest BCUT2D eigenvalue weighted by Gasteiger charge is -2.05. The van der Waals surface area contributed by atoms with E-state index in [2.05, 4.69) is 0 Å². The third-order valence-corrected chi connectivity index (χ3v) is 1.54. The summed E-state index contributed by atoms with van der Waals surface area (Å²) in [6, 6.07) is 2.79. The summed E-state index contributed by atoms with van der Waals surface area (Å²) in [4.78, 5) is 0. The van der Waals surface area contributed by atoms with Gasteiger partial charge in [-0.25, -0.2) is 4.39 Å². The van der Waals surface area contributed by atoms with E-state index in [0.29, 0.717) is 11.3 Å². The molecule has 0 saturated heterocycles. The van der Waals surface area contributed by atoms with Gasteiger partial charge in [0.05, 0.1) is 7.11 Å². The highest BCUT2D eigenvalue weighted by molar-refractivity contribution is 5.40. The molecule has 11 heavy (non-hydrogen) atoms. The van der Waals surface area contributed by atoms with Crippen molar-refractivity contribution in [2.24, 2.45) is 0 Å². The van der Waals surface area contributed by atoms with Gasteiger partial charge in [-0.1, -0.05) is 0 Å². The smallest absolute Gasteiger partial charge is 0.171 e. The van der Waals surface area contributed by atoms with Gasteiger partial charge in [-0.15, -0.1) is 0 Å². The minimum atomic E-state index is -0.621. The van der Waals surface area contributed by atoms with Crippen molar-refractivity contribution in [2.75, 3.05) is 7.11 Å². The fraction of sp³-hybridized carbons (Fsp3) is 0.250. The van der Waals surface area contributed by atoms with Crippen LogP contribution in [-0.2, 0) is 0 Å². The number of aromatic hydroxyl groups is 1. The molecule has 0 saturated carbocycles. The maximum absolute atomic E-state index is 12.8. The summed E-state index contributed by atoms with van der Waals surface area (Å²) >= 11 is 0. The third-order valence-electron chi connectivity index (χ3n) is 1.54. The normalized spacial score (nSPS) is 9.73. The maximum atomic E-state index is 12.8. The molecule has 0 heterocycles. The Hall–Kier alpha value is -1.25. The molecule has 0 spiro atoms. The van der Waals surface area contributed by atoms with E-state index in [1.54, 1.807) is 6.92 Å². The first-order valence-electron chi connectivity index (χ1n) is 3.19. The Kier molecular flexibility index (Phi) is 1.98. The van der Waals surface area contributed by atoms with E-state index < -0.39 is 5.82 Å². The third kappa shape index (κ3) is 1.27. The van der Waals surface area contributed by atoms with Gasteiger partial charge in [-0.05, 0) is 19.1 Å². The van der Waals surface area contributed by atoms with E-state index in [9.17, 15) is 4.39 Å². The summed E-state index contributed by atoms with van der Waals surface area (Å²) in [5.74, 6) is -0.520. The molecule has 1 aromatic carbocycles. The number of phenols is 1. The molecule has 0 fully saturated rings. The zero-order chi connectivity index (χ0) is 8.43. The number of benzene rings is 1. The van der Waals surface area contributed by atoms with E-state index in [1.165, 1.54) is 19.2 Å². The Bertz CT molecular complexity index is 271. The van der Waals surface area contributed by atoms with E-state index in [4.69, 9.17) is 9.84 Å². The molecule has 60 valence electrons. The first kappa shape index (κ1) is 7.85. The second-order valence-corrected chi connectivity index (χ2v) is 2.23. The molecule has 2 nitrogen and oxygen atoms in total. The molecule has 0 aliphatic rings. The Balaban J connectivity index is 3.25. The van der Waals surface area contributed by atoms with Gasteiger partial charge in [0.15, 0.2) is 11.6 Å². The SMILES string of the molecule is COc1ccc(O)c(F)c1C. The van der Waals surface area contributed by atoms with Crippen molar-refractivity contribution in [3.8, 4) is 11.5 Å². The summed E-state index contributed by atoms with van der Waals surface area (Å²) in [5.41, 5.74) is 0.326.